The molecule has 0 fully saturated rings. The van der Waals surface area contributed by atoms with Crippen LogP contribution in [0.5, 0.6) is 0 Å². The van der Waals surface area contributed by atoms with Gasteiger partial charge in [-0.1, -0.05) is 165 Å². The molecular weight excluding hydrogens is 842 g/mol. The molecule has 0 bridgehead atoms. The van der Waals surface area contributed by atoms with E-state index in [1.54, 1.807) is 7.11 Å². The van der Waals surface area contributed by atoms with Crippen molar-refractivity contribution in [3.05, 3.63) is 203 Å². The second kappa shape index (κ2) is 25.6. The van der Waals surface area contributed by atoms with Gasteiger partial charge in [0.25, 0.3) is 6.29 Å². The molecule has 0 saturated carbocycles. The van der Waals surface area contributed by atoms with E-state index in [2.05, 4.69) is 9.12 Å². The van der Waals surface area contributed by atoms with Crippen molar-refractivity contribution in [3.8, 4) is 0 Å². The van der Waals surface area contributed by atoms with Crippen LogP contribution >= 0.6 is 9.12 Å². The Labute approximate surface area is 386 Å². The van der Waals surface area contributed by atoms with Crippen LogP contribution in [0.4, 0.5) is 0 Å². The van der Waals surface area contributed by atoms with Gasteiger partial charge in [-0.15, -0.1) is 9.12 Å². The van der Waals surface area contributed by atoms with E-state index < -0.39 is 37.0 Å². The zero-order valence-corrected chi connectivity index (χ0v) is 38.6. The molecule has 0 N–H and O–H groups in total. The molecule has 13 heteroatoms. The molecule has 0 amide bonds. The second-order valence-electron chi connectivity index (χ2n) is 15.7. The molecule has 11 nitrogen and oxygen atoms in total. The minimum absolute atomic E-state index is 0.123. The van der Waals surface area contributed by atoms with Gasteiger partial charge in [0.1, 0.15) is 37.6 Å². The van der Waals surface area contributed by atoms with Crippen LogP contribution in [-0.4, -0.2) is 70.6 Å². The molecule has 0 saturated heterocycles. The number of benzene rings is 5. The fourth-order valence-corrected chi connectivity index (χ4v) is 7.52. The van der Waals surface area contributed by atoms with Gasteiger partial charge in [0.05, 0.1) is 39.6 Å². The van der Waals surface area contributed by atoms with Gasteiger partial charge in [-0.3, -0.25) is 0 Å². The first-order valence-corrected chi connectivity index (χ1v) is 22.9. The molecule has 5 aromatic carbocycles. The van der Waals surface area contributed by atoms with Crippen LogP contribution in [0.2, 0.25) is 6.82 Å². The summed E-state index contributed by atoms with van der Waals surface area (Å²) in [5, 5.41) is 0. The van der Waals surface area contributed by atoms with Crippen molar-refractivity contribution in [1.29, 1.82) is 0 Å². The van der Waals surface area contributed by atoms with Gasteiger partial charge in [0.15, 0.2) is 17.3 Å². The van der Waals surface area contributed by atoms with Gasteiger partial charge in [-0.05, 0) is 34.2 Å². The average molecular weight is 903 g/mol. The van der Waals surface area contributed by atoms with E-state index >= 15 is 0 Å². The Morgan fingerprint density at radius 3 is 1.37 bits per heavy atom. The summed E-state index contributed by atoms with van der Waals surface area (Å²) in [4.78, 5) is 0. The maximum Gasteiger partial charge on any atom is 0.312 e. The lowest BCUT2D eigenvalue weighted by Crippen LogP contribution is -2.50. The van der Waals surface area contributed by atoms with E-state index in [1.807, 2.05) is 165 Å². The molecule has 342 valence electrons. The third-order valence-corrected chi connectivity index (χ3v) is 10.7. The van der Waals surface area contributed by atoms with Gasteiger partial charge in [0, 0.05) is 7.11 Å². The summed E-state index contributed by atoms with van der Waals surface area (Å²) >= 11 is 0. The largest absolute Gasteiger partial charge is 0.491 e. The standard InChI is InChI=1S/C52H60BO11P/c1-4-30-57-48-46(64-53(2)65)44(37-56-32-39-22-12-6-13-23-39)61-51(54-3)50(48)63-52-49(60-35-42-28-18-9-19-29-42)47(59-34-41-26-16-8-17-27-41)45(58-33-40-24-14-7-15-25-40)43(62-52)36-55-31-38-20-10-5-11-21-38/h5-29,43-46,51-52H,4,30-37,65H2,1-3H3/t43?,44?,45-,46-,51-,52-/m1/s1. The summed E-state index contributed by atoms with van der Waals surface area (Å²) in [6.45, 7) is 5.75. The lowest BCUT2D eigenvalue weighted by molar-refractivity contribution is -0.254. The van der Waals surface area contributed by atoms with E-state index in [9.17, 15) is 0 Å². The van der Waals surface area contributed by atoms with Crippen molar-refractivity contribution in [2.45, 2.75) is 90.2 Å². The third-order valence-electron chi connectivity index (χ3n) is 10.5. The predicted molar refractivity (Wildman–Crippen MR) is 252 cm³/mol. The van der Waals surface area contributed by atoms with Crippen LogP contribution in [0.3, 0.4) is 0 Å². The highest BCUT2D eigenvalue weighted by Gasteiger charge is 2.48. The zero-order valence-electron chi connectivity index (χ0n) is 37.4. The molecule has 7 rings (SSSR count). The lowest BCUT2D eigenvalue weighted by Gasteiger charge is -2.42. The van der Waals surface area contributed by atoms with Crippen LogP contribution in [0, 0.1) is 0 Å². The second-order valence-corrected chi connectivity index (χ2v) is 16.6. The van der Waals surface area contributed by atoms with Gasteiger partial charge >= 0.3 is 6.64 Å². The summed E-state index contributed by atoms with van der Waals surface area (Å²) in [5.41, 5.74) is 4.91. The Morgan fingerprint density at radius 1 is 0.492 bits per heavy atom. The van der Waals surface area contributed by atoms with Gasteiger partial charge in [-0.25, -0.2) is 0 Å². The summed E-state index contributed by atoms with van der Waals surface area (Å²) in [6, 6.07) is 49.8. The Bertz CT molecular complexity index is 2180. The Balaban J connectivity index is 1.30. The smallest absolute Gasteiger partial charge is 0.312 e. The third kappa shape index (κ3) is 14.2. The topological polar surface area (TPSA) is 102 Å². The fraction of sp³-hybridized carbons (Fsp3) is 0.346. The first-order valence-electron chi connectivity index (χ1n) is 22.2. The first-order chi connectivity index (χ1) is 32.0. The highest BCUT2D eigenvalue weighted by molar-refractivity contribution is 7.60. The minimum Gasteiger partial charge on any atom is -0.491 e. The van der Waals surface area contributed by atoms with Gasteiger partial charge in [-0.2, -0.15) is 0 Å². The summed E-state index contributed by atoms with van der Waals surface area (Å²) in [6.07, 6.45) is -4.44. The van der Waals surface area contributed by atoms with Crippen molar-refractivity contribution in [3.63, 3.8) is 0 Å². The van der Waals surface area contributed by atoms with Crippen molar-refractivity contribution in [2.24, 2.45) is 0 Å². The fourth-order valence-electron chi connectivity index (χ4n) is 7.35. The molecule has 2 heterocycles. The molecule has 0 radical (unpaired) electrons. The molecule has 65 heavy (non-hydrogen) atoms. The van der Waals surface area contributed by atoms with Crippen LogP contribution in [0.25, 0.3) is 0 Å². The van der Waals surface area contributed by atoms with E-state index in [-0.39, 0.29) is 51.2 Å². The monoisotopic (exact) mass is 902 g/mol. The SMILES string of the molecule is CCCOC1=C(O[C@H]2OC(COCc3ccccc3)[C@@H](OCc3ccccc3)C(OCc3ccccc3)=C2OCc2ccccc2)[C@H](OC)OC(COCc2ccccc2)[C@H]1OB(C)P. The van der Waals surface area contributed by atoms with Crippen LogP contribution in [0.1, 0.15) is 41.2 Å². The molecule has 0 aliphatic carbocycles. The molecular formula is C52H60BO11P. The van der Waals surface area contributed by atoms with Crippen LogP contribution in [-0.2, 0) is 85.1 Å². The van der Waals surface area contributed by atoms with E-state index in [0.717, 1.165) is 34.2 Å². The number of ether oxygens (including phenoxy) is 10. The quantitative estimate of drug-likeness (QED) is 0.0414. The Kier molecular flexibility index (Phi) is 18.9. The van der Waals surface area contributed by atoms with E-state index in [1.165, 1.54) is 0 Å². The number of hydrogen-bond donors (Lipinski definition) is 0. The highest BCUT2D eigenvalue weighted by Crippen LogP contribution is 2.38. The van der Waals surface area contributed by atoms with Crippen molar-refractivity contribution < 1.29 is 52.0 Å². The molecule has 0 spiro atoms. The highest BCUT2D eigenvalue weighted by atomic mass is 31.0. The summed E-state index contributed by atoms with van der Waals surface area (Å²) in [5.74, 6) is 1.33. The molecule has 2 aliphatic rings. The van der Waals surface area contributed by atoms with E-state index in [4.69, 9.17) is 52.0 Å². The summed E-state index contributed by atoms with van der Waals surface area (Å²) in [7, 11) is 4.25. The van der Waals surface area contributed by atoms with Crippen molar-refractivity contribution in [2.75, 3.05) is 26.9 Å². The van der Waals surface area contributed by atoms with E-state index in [0.29, 0.717) is 31.3 Å². The minimum atomic E-state index is -1.22. The zero-order chi connectivity index (χ0) is 45.1. The summed E-state index contributed by atoms with van der Waals surface area (Å²) < 4.78 is 73.1. The molecule has 0 aromatic heterocycles. The maximum atomic E-state index is 7.05. The van der Waals surface area contributed by atoms with Crippen LogP contribution < -0.4 is 0 Å². The number of hydrogen-bond acceptors (Lipinski definition) is 11. The van der Waals surface area contributed by atoms with Crippen LogP contribution in [0.15, 0.2) is 175 Å². The van der Waals surface area contributed by atoms with Gasteiger partial charge < -0.3 is 52.0 Å². The molecule has 2 aliphatic heterocycles. The molecule has 7 atom stereocenters. The average Bonchev–Trinajstić information content (AvgIpc) is 3.34. The molecule has 3 unspecified atom stereocenters. The number of methoxy groups -OCH3 is 1. The predicted octanol–water partition coefficient (Wildman–Crippen LogP) is 9.78. The first kappa shape index (κ1) is 47.9. The maximum absolute atomic E-state index is 7.05. The molecule has 5 aromatic rings. The van der Waals surface area contributed by atoms with Crippen molar-refractivity contribution >= 4 is 15.8 Å². The normalized spacial score (nSPS) is 20.9. The lowest BCUT2D eigenvalue weighted by atomic mass is 10.0. The Morgan fingerprint density at radius 2 is 0.908 bits per heavy atom. The van der Waals surface area contributed by atoms with Crippen molar-refractivity contribution in [1.82, 2.24) is 0 Å². The Hall–Kier alpha value is -5.01. The number of rotatable bonds is 25. The van der Waals surface area contributed by atoms with Gasteiger partial charge in [0.2, 0.25) is 12.0 Å².